The Hall–Kier alpha value is -1.66. The summed E-state index contributed by atoms with van der Waals surface area (Å²) >= 11 is 3.30. The van der Waals surface area contributed by atoms with Crippen LogP contribution in [0.3, 0.4) is 0 Å². The number of rotatable bonds is 5. The van der Waals surface area contributed by atoms with Crippen LogP contribution in [-0.2, 0) is 6.54 Å². The van der Waals surface area contributed by atoms with Crippen LogP contribution in [0.15, 0.2) is 45.8 Å². The van der Waals surface area contributed by atoms with E-state index in [1.165, 1.54) is 4.88 Å². The summed E-state index contributed by atoms with van der Waals surface area (Å²) in [5.41, 5.74) is 7.58. The number of hydrogen-bond donors (Lipinski definition) is 2. The average Bonchev–Trinajstić information content (AvgIpc) is 2.98. The number of hydrogen-bond acceptors (Lipinski definition) is 5. The van der Waals surface area contributed by atoms with Gasteiger partial charge >= 0.3 is 0 Å². The Balaban J connectivity index is 2.39. The zero-order valence-corrected chi connectivity index (χ0v) is 13.0. The van der Waals surface area contributed by atoms with E-state index in [1.807, 2.05) is 37.6 Å². The number of thioether (sulfide) groups is 1. The first-order chi connectivity index (χ1) is 9.67. The van der Waals surface area contributed by atoms with Crippen molar-refractivity contribution >= 4 is 34.6 Å². The Morgan fingerprint density at radius 3 is 2.80 bits per heavy atom. The van der Waals surface area contributed by atoms with E-state index in [-0.39, 0.29) is 5.84 Å². The first-order valence-electron chi connectivity index (χ1n) is 6.05. The molecule has 1 aromatic heterocycles. The number of nitrogens with zero attached hydrogens (tertiary/aromatic N) is 2. The van der Waals surface area contributed by atoms with Gasteiger partial charge in [0.1, 0.15) is 0 Å². The molecular formula is C14H17N3OS2. The maximum atomic E-state index is 9.01. The summed E-state index contributed by atoms with van der Waals surface area (Å²) in [6.07, 6.45) is 1.98. The fourth-order valence-electron chi connectivity index (χ4n) is 2.04. The van der Waals surface area contributed by atoms with Crippen LogP contribution in [-0.4, -0.2) is 24.3 Å². The highest BCUT2D eigenvalue weighted by atomic mass is 32.2. The third-order valence-electron chi connectivity index (χ3n) is 2.97. The van der Waals surface area contributed by atoms with Crippen molar-refractivity contribution in [3.8, 4) is 0 Å². The third-order valence-corrected chi connectivity index (χ3v) is 4.61. The van der Waals surface area contributed by atoms with Crippen molar-refractivity contribution in [1.82, 2.24) is 0 Å². The Labute approximate surface area is 126 Å². The topological polar surface area (TPSA) is 61.8 Å². The molecule has 0 aliphatic rings. The van der Waals surface area contributed by atoms with E-state index in [0.29, 0.717) is 0 Å². The molecule has 0 radical (unpaired) electrons. The van der Waals surface area contributed by atoms with Gasteiger partial charge in [0.25, 0.3) is 0 Å². The number of anilines is 1. The zero-order chi connectivity index (χ0) is 14.5. The quantitative estimate of drug-likeness (QED) is 0.293. The normalized spacial score (nSPS) is 11.6. The zero-order valence-electron chi connectivity index (χ0n) is 11.4. The lowest BCUT2D eigenvalue weighted by Gasteiger charge is -2.23. The second kappa shape index (κ2) is 6.67. The summed E-state index contributed by atoms with van der Waals surface area (Å²) in [4.78, 5) is 4.38. The molecule has 0 fully saturated rings. The lowest BCUT2D eigenvalue weighted by molar-refractivity contribution is 0.318. The third kappa shape index (κ3) is 3.08. The Kier molecular flexibility index (Phi) is 4.92. The van der Waals surface area contributed by atoms with Crippen LogP contribution in [0.25, 0.3) is 0 Å². The van der Waals surface area contributed by atoms with Crippen molar-refractivity contribution in [2.45, 2.75) is 11.4 Å². The first-order valence-corrected chi connectivity index (χ1v) is 8.16. The molecule has 20 heavy (non-hydrogen) atoms. The van der Waals surface area contributed by atoms with Crippen molar-refractivity contribution in [3.05, 3.63) is 46.2 Å². The van der Waals surface area contributed by atoms with Crippen LogP contribution in [0.5, 0.6) is 0 Å². The van der Waals surface area contributed by atoms with Gasteiger partial charge in [-0.3, -0.25) is 0 Å². The van der Waals surface area contributed by atoms with Crippen molar-refractivity contribution in [3.63, 3.8) is 0 Å². The van der Waals surface area contributed by atoms with Gasteiger partial charge in [-0.15, -0.1) is 23.1 Å². The minimum atomic E-state index is 0.142. The van der Waals surface area contributed by atoms with E-state index >= 15 is 0 Å². The smallest absolute Gasteiger partial charge is 0.173 e. The summed E-state index contributed by atoms with van der Waals surface area (Å²) in [5.74, 6) is 0.142. The second-order valence-electron chi connectivity index (χ2n) is 4.28. The molecule has 0 amide bonds. The van der Waals surface area contributed by atoms with Gasteiger partial charge < -0.3 is 15.8 Å². The van der Waals surface area contributed by atoms with Crippen LogP contribution in [0.2, 0.25) is 0 Å². The molecule has 6 heteroatoms. The molecule has 4 nitrogen and oxygen atoms in total. The molecule has 1 heterocycles. The predicted molar refractivity (Wildman–Crippen MR) is 87.2 cm³/mol. The number of thiophene rings is 1. The average molecular weight is 307 g/mol. The van der Waals surface area contributed by atoms with E-state index in [9.17, 15) is 0 Å². The van der Waals surface area contributed by atoms with Gasteiger partial charge in [-0.1, -0.05) is 17.3 Å². The van der Waals surface area contributed by atoms with Gasteiger partial charge in [-0.05, 0) is 29.8 Å². The molecule has 0 unspecified atom stereocenters. The SMILES string of the molecule is CSc1cccc(N(C)Cc2cccs2)c1/C(N)=N/O. The molecule has 3 N–H and O–H groups in total. The van der Waals surface area contributed by atoms with E-state index in [0.717, 1.165) is 22.7 Å². The fraction of sp³-hybridized carbons (Fsp3) is 0.214. The number of oxime groups is 1. The molecule has 0 bridgehead atoms. The highest BCUT2D eigenvalue weighted by Gasteiger charge is 2.15. The number of nitrogens with two attached hydrogens (primary N) is 1. The highest BCUT2D eigenvalue weighted by Crippen LogP contribution is 2.30. The van der Waals surface area contributed by atoms with Crippen molar-refractivity contribution in [2.24, 2.45) is 10.9 Å². The second-order valence-corrected chi connectivity index (χ2v) is 6.16. The van der Waals surface area contributed by atoms with Gasteiger partial charge in [-0.25, -0.2) is 0 Å². The molecule has 0 aliphatic heterocycles. The lowest BCUT2D eigenvalue weighted by Crippen LogP contribution is -2.23. The summed E-state index contributed by atoms with van der Waals surface area (Å²) in [5, 5.41) is 14.2. The molecule has 0 spiro atoms. The molecule has 0 atom stereocenters. The molecular weight excluding hydrogens is 290 g/mol. The van der Waals surface area contributed by atoms with Gasteiger partial charge in [-0.2, -0.15) is 0 Å². The van der Waals surface area contributed by atoms with E-state index in [1.54, 1.807) is 23.1 Å². The van der Waals surface area contributed by atoms with Crippen molar-refractivity contribution < 1.29 is 5.21 Å². The summed E-state index contributed by atoms with van der Waals surface area (Å²) in [6.45, 7) is 0.793. The number of amidine groups is 1. The van der Waals surface area contributed by atoms with Crippen LogP contribution < -0.4 is 10.6 Å². The predicted octanol–water partition coefficient (Wildman–Crippen LogP) is 3.20. The number of benzene rings is 1. The minimum absolute atomic E-state index is 0.142. The van der Waals surface area contributed by atoms with E-state index < -0.39 is 0 Å². The molecule has 1 aromatic carbocycles. The van der Waals surface area contributed by atoms with Crippen molar-refractivity contribution in [1.29, 1.82) is 0 Å². The monoisotopic (exact) mass is 307 g/mol. The maximum Gasteiger partial charge on any atom is 0.173 e. The fourth-order valence-corrected chi connectivity index (χ4v) is 3.42. The summed E-state index contributed by atoms with van der Waals surface area (Å²) in [6, 6.07) is 10.1. The standard InChI is InChI=1S/C14H17N3OS2/c1-17(9-10-5-4-8-20-10)11-6-3-7-12(19-2)13(11)14(15)16-18/h3-8,18H,9H2,1-2H3,(H2,15,16). The van der Waals surface area contributed by atoms with Crippen molar-refractivity contribution in [2.75, 3.05) is 18.2 Å². The molecule has 2 rings (SSSR count). The molecule has 2 aromatic rings. The first kappa shape index (κ1) is 14.7. The van der Waals surface area contributed by atoms with Crippen LogP contribution in [0.1, 0.15) is 10.4 Å². The van der Waals surface area contributed by atoms with Gasteiger partial charge in [0, 0.05) is 22.5 Å². The van der Waals surface area contributed by atoms with Gasteiger partial charge in [0.05, 0.1) is 12.1 Å². The Bertz CT molecular complexity index is 596. The van der Waals surface area contributed by atoms with Gasteiger partial charge in [0.2, 0.25) is 0 Å². The van der Waals surface area contributed by atoms with Gasteiger partial charge in [0.15, 0.2) is 5.84 Å². The summed E-state index contributed by atoms with van der Waals surface area (Å²) in [7, 11) is 2.01. The van der Waals surface area contributed by atoms with E-state index in [4.69, 9.17) is 10.9 Å². The van der Waals surface area contributed by atoms with Crippen LogP contribution in [0, 0.1) is 0 Å². The Morgan fingerprint density at radius 2 is 2.20 bits per heavy atom. The Morgan fingerprint density at radius 1 is 1.40 bits per heavy atom. The van der Waals surface area contributed by atoms with Crippen LogP contribution in [0.4, 0.5) is 5.69 Å². The summed E-state index contributed by atoms with van der Waals surface area (Å²) < 4.78 is 0. The lowest BCUT2D eigenvalue weighted by atomic mass is 10.1. The molecule has 0 saturated carbocycles. The highest BCUT2D eigenvalue weighted by molar-refractivity contribution is 7.98. The molecule has 0 aliphatic carbocycles. The maximum absolute atomic E-state index is 9.01. The van der Waals surface area contributed by atoms with E-state index in [2.05, 4.69) is 21.5 Å². The minimum Gasteiger partial charge on any atom is -0.409 e. The van der Waals surface area contributed by atoms with Crippen LogP contribution >= 0.6 is 23.1 Å². The largest absolute Gasteiger partial charge is 0.409 e. The molecule has 106 valence electrons. The molecule has 0 saturated heterocycles.